The lowest BCUT2D eigenvalue weighted by molar-refractivity contribution is -0.00400. The van der Waals surface area contributed by atoms with E-state index >= 15 is 0 Å². The minimum atomic E-state index is 0.0494. The van der Waals surface area contributed by atoms with Crippen LogP contribution in [0.4, 0.5) is 0 Å². The number of methoxy groups -OCH3 is 1. The molecule has 0 saturated heterocycles. The zero-order valence-electron chi connectivity index (χ0n) is 11.1. The molecule has 0 bridgehead atoms. The average molecular weight is 246 g/mol. The highest BCUT2D eigenvalue weighted by atomic mass is 16.5. The number of hydrogen-bond acceptors (Lipinski definition) is 3. The van der Waals surface area contributed by atoms with Crippen LogP contribution in [-0.2, 0) is 17.8 Å². The Morgan fingerprint density at radius 1 is 1.28 bits per heavy atom. The Hall–Kier alpha value is -0.900. The predicted octanol–water partition coefficient (Wildman–Crippen LogP) is 1.76. The molecule has 3 nitrogen and oxygen atoms in total. The van der Waals surface area contributed by atoms with E-state index < -0.39 is 0 Å². The van der Waals surface area contributed by atoms with Gasteiger partial charge in [-0.2, -0.15) is 0 Å². The summed E-state index contributed by atoms with van der Waals surface area (Å²) in [5.74, 6) is 0.719. The fourth-order valence-electron chi connectivity index (χ4n) is 3.34. The lowest BCUT2D eigenvalue weighted by Crippen LogP contribution is -2.56. The lowest BCUT2D eigenvalue weighted by atomic mass is 9.92. The van der Waals surface area contributed by atoms with E-state index in [9.17, 15) is 0 Å². The fourth-order valence-corrected chi connectivity index (χ4v) is 3.34. The van der Waals surface area contributed by atoms with Crippen molar-refractivity contribution in [1.82, 2.24) is 4.90 Å². The van der Waals surface area contributed by atoms with Gasteiger partial charge in [-0.3, -0.25) is 4.90 Å². The smallest absolute Gasteiger partial charge is 0.0661 e. The number of nitrogens with two attached hydrogens (primary N) is 1. The maximum absolute atomic E-state index is 6.13. The zero-order valence-corrected chi connectivity index (χ0v) is 11.1. The number of benzene rings is 1. The molecule has 1 atom stereocenters. The topological polar surface area (TPSA) is 38.5 Å². The molecular weight excluding hydrogens is 224 g/mol. The summed E-state index contributed by atoms with van der Waals surface area (Å²) in [6.07, 6.45) is 2.60. The van der Waals surface area contributed by atoms with Crippen molar-refractivity contribution in [2.24, 2.45) is 11.7 Å². The highest BCUT2D eigenvalue weighted by molar-refractivity contribution is 5.31. The van der Waals surface area contributed by atoms with Crippen LogP contribution in [0.15, 0.2) is 24.3 Å². The zero-order chi connectivity index (χ0) is 12.6. The predicted molar refractivity (Wildman–Crippen MR) is 72.1 cm³/mol. The molecule has 18 heavy (non-hydrogen) atoms. The molecule has 2 aliphatic rings. The number of hydrogen-bond donors (Lipinski definition) is 1. The summed E-state index contributed by atoms with van der Waals surface area (Å²) < 4.78 is 5.49. The van der Waals surface area contributed by atoms with E-state index in [1.54, 1.807) is 7.11 Å². The van der Waals surface area contributed by atoms with Crippen LogP contribution in [0.1, 0.15) is 24.0 Å². The van der Waals surface area contributed by atoms with E-state index in [-0.39, 0.29) is 5.54 Å². The molecular formula is C15H22N2O. The van der Waals surface area contributed by atoms with Crippen molar-refractivity contribution in [2.75, 3.05) is 20.3 Å². The molecule has 1 aliphatic carbocycles. The summed E-state index contributed by atoms with van der Waals surface area (Å²) in [6, 6.07) is 8.71. The number of fused-ring (bicyclic) bond motifs is 1. The molecule has 2 N–H and O–H groups in total. The second-order valence-electron chi connectivity index (χ2n) is 5.64. The van der Waals surface area contributed by atoms with Gasteiger partial charge in [0, 0.05) is 26.7 Å². The minimum absolute atomic E-state index is 0.0494. The summed E-state index contributed by atoms with van der Waals surface area (Å²) in [7, 11) is 1.79. The van der Waals surface area contributed by atoms with Crippen LogP contribution in [0.3, 0.4) is 0 Å². The molecule has 0 amide bonds. The van der Waals surface area contributed by atoms with Crippen molar-refractivity contribution in [1.29, 1.82) is 0 Å². The molecule has 1 saturated carbocycles. The Kier molecular flexibility index (Phi) is 3.14. The first-order chi connectivity index (χ1) is 8.80. The van der Waals surface area contributed by atoms with Gasteiger partial charge in [0.1, 0.15) is 0 Å². The van der Waals surface area contributed by atoms with Crippen LogP contribution >= 0.6 is 0 Å². The summed E-state index contributed by atoms with van der Waals surface area (Å²) in [5, 5.41) is 0. The Morgan fingerprint density at radius 2 is 1.89 bits per heavy atom. The molecule has 1 fully saturated rings. The molecule has 1 heterocycles. The van der Waals surface area contributed by atoms with Crippen LogP contribution in [-0.4, -0.2) is 30.7 Å². The van der Waals surface area contributed by atoms with Gasteiger partial charge in [0.15, 0.2) is 0 Å². The monoisotopic (exact) mass is 246 g/mol. The van der Waals surface area contributed by atoms with Gasteiger partial charge in [0.05, 0.1) is 12.1 Å². The highest BCUT2D eigenvalue weighted by Crippen LogP contribution is 2.45. The van der Waals surface area contributed by atoms with Gasteiger partial charge in [0.25, 0.3) is 0 Å². The van der Waals surface area contributed by atoms with E-state index in [1.807, 2.05) is 0 Å². The summed E-state index contributed by atoms with van der Waals surface area (Å²) in [6.45, 7) is 3.49. The van der Waals surface area contributed by atoms with Crippen molar-refractivity contribution < 1.29 is 4.74 Å². The third-order valence-electron chi connectivity index (χ3n) is 4.56. The van der Waals surface area contributed by atoms with E-state index in [0.29, 0.717) is 6.54 Å². The van der Waals surface area contributed by atoms with E-state index in [1.165, 1.54) is 24.0 Å². The summed E-state index contributed by atoms with van der Waals surface area (Å²) in [4.78, 5) is 2.54. The maximum atomic E-state index is 6.13. The Labute approximate surface area is 109 Å². The third-order valence-corrected chi connectivity index (χ3v) is 4.56. The van der Waals surface area contributed by atoms with E-state index in [0.717, 1.165) is 25.6 Å². The quantitative estimate of drug-likeness (QED) is 0.860. The molecule has 98 valence electrons. The van der Waals surface area contributed by atoms with Gasteiger partial charge < -0.3 is 10.5 Å². The van der Waals surface area contributed by atoms with E-state index in [4.69, 9.17) is 10.5 Å². The van der Waals surface area contributed by atoms with Crippen LogP contribution < -0.4 is 5.73 Å². The first kappa shape index (κ1) is 12.2. The number of ether oxygens (including phenoxy) is 1. The van der Waals surface area contributed by atoms with E-state index in [2.05, 4.69) is 29.2 Å². The van der Waals surface area contributed by atoms with Crippen LogP contribution in [0, 0.1) is 5.92 Å². The van der Waals surface area contributed by atoms with Crippen molar-refractivity contribution >= 4 is 0 Å². The first-order valence-electron chi connectivity index (χ1n) is 6.81. The third kappa shape index (κ3) is 1.87. The second-order valence-corrected chi connectivity index (χ2v) is 5.64. The van der Waals surface area contributed by atoms with Gasteiger partial charge in [-0.05, 0) is 29.9 Å². The van der Waals surface area contributed by atoms with Gasteiger partial charge in [0.2, 0.25) is 0 Å². The molecule has 3 heteroatoms. The van der Waals surface area contributed by atoms with Gasteiger partial charge in [-0.1, -0.05) is 24.3 Å². The molecule has 1 unspecified atom stereocenters. The van der Waals surface area contributed by atoms with Gasteiger partial charge in [-0.25, -0.2) is 0 Å². The Bertz CT molecular complexity index is 405. The Balaban J connectivity index is 1.85. The Morgan fingerprint density at radius 3 is 2.33 bits per heavy atom. The van der Waals surface area contributed by atoms with Crippen LogP contribution in [0.5, 0.6) is 0 Å². The molecule has 0 radical (unpaired) electrons. The fraction of sp³-hybridized carbons (Fsp3) is 0.600. The maximum Gasteiger partial charge on any atom is 0.0661 e. The van der Waals surface area contributed by atoms with Gasteiger partial charge >= 0.3 is 0 Å². The molecule has 1 aromatic rings. The average Bonchev–Trinajstić information content (AvgIpc) is 3.15. The summed E-state index contributed by atoms with van der Waals surface area (Å²) >= 11 is 0. The standard InChI is InChI=1S/C15H22N2O/c1-18-11-15(10-16,14-6-7-14)17-8-12-4-2-3-5-13(12)9-17/h2-5,14H,6-11,16H2,1H3. The molecule has 1 aromatic carbocycles. The van der Waals surface area contributed by atoms with Crippen molar-refractivity contribution in [3.8, 4) is 0 Å². The SMILES string of the molecule is COCC(CN)(C1CC1)N1Cc2ccccc2C1. The van der Waals surface area contributed by atoms with Crippen molar-refractivity contribution in [2.45, 2.75) is 31.5 Å². The molecule has 0 spiro atoms. The number of rotatable bonds is 5. The minimum Gasteiger partial charge on any atom is -0.383 e. The summed E-state index contributed by atoms with van der Waals surface area (Å²) in [5.41, 5.74) is 9.08. The van der Waals surface area contributed by atoms with Crippen molar-refractivity contribution in [3.05, 3.63) is 35.4 Å². The number of nitrogens with zero attached hydrogens (tertiary/aromatic N) is 1. The molecule has 1 aliphatic heterocycles. The van der Waals surface area contributed by atoms with Gasteiger partial charge in [-0.15, -0.1) is 0 Å². The first-order valence-corrected chi connectivity index (χ1v) is 6.81. The molecule has 3 rings (SSSR count). The lowest BCUT2D eigenvalue weighted by Gasteiger charge is -2.41. The largest absolute Gasteiger partial charge is 0.383 e. The van der Waals surface area contributed by atoms with Crippen LogP contribution in [0.2, 0.25) is 0 Å². The van der Waals surface area contributed by atoms with Crippen LogP contribution in [0.25, 0.3) is 0 Å². The second kappa shape index (κ2) is 4.65. The molecule has 0 aromatic heterocycles. The highest BCUT2D eigenvalue weighted by Gasteiger charge is 2.49. The van der Waals surface area contributed by atoms with Crippen molar-refractivity contribution in [3.63, 3.8) is 0 Å². The normalized spacial score (nSPS) is 22.8.